The number of hydrogen-bond acceptors (Lipinski definition) is 7. The number of ether oxygens (including phenoxy) is 1. The number of amides is 1. The van der Waals surface area contributed by atoms with Gasteiger partial charge < -0.3 is 4.74 Å². The van der Waals surface area contributed by atoms with E-state index < -0.39 is 17.3 Å². The van der Waals surface area contributed by atoms with Gasteiger partial charge >= 0.3 is 5.97 Å². The van der Waals surface area contributed by atoms with E-state index in [9.17, 15) is 14.4 Å². The zero-order valence-corrected chi connectivity index (χ0v) is 16.6. The molecule has 2 aromatic heterocycles. The average molecular weight is 419 g/mol. The van der Waals surface area contributed by atoms with Gasteiger partial charge in [-0.1, -0.05) is 35.6 Å². The molecule has 2 heterocycles. The first-order valence-electron chi connectivity index (χ1n) is 8.05. The molecule has 0 aliphatic heterocycles. The molecule has 0 atom stereocenters. The van der Waals surface area contributed by atoms with E-state index in [-0.39, 0.29) is 27.7 Å². The van der Waals surface area contributed by atoms with Crippen LogP contribution in [0.2, 0.25) is 5.02 Å². The normalized spacial score (nSPS) is 10.7. The van der Waals surface area contributed by atoms with E-state index in [0.29, 0.717) is 16.2 Å². The molecular formula is C18H15ClN4O4S. The molecule has 1 aromatic carbocycles. The molecule has 0 aliphatic carbocycles. The molecule has 0 fully saturated rings. The number of aryl methyl sites for hydroxylation is 2. The summed E-state index contributed by atoms with van der Waals surface area (Å²) in [5.41, 5.74) is 0.0942. The van der Waals surface area contributed by atoms with Crippen LogP contribution in [-0.4, -0.2) is 33.2 Å². The van der Waals surface area contributed by atoms with E-state index in [1.807, 2.05) is 0 Å². The fraction of sp³-hybridized carbons (Fsp3) is 0.167. The molecule has 0 saturated heterocycles. The summed E-state index contributed by atoms with van der Waals surface area (Å²) < 4.78 is 6.40. The Balaban J connectivity index is 1.92. The number of carbonyl (C=O) groups excluding carboxylic acids is 2. The van der Waals surface area contributed by atoms with Gasteiger partial charge in [-0.15, -0.1) is 0 Å². The first-order chi connectivity index (χ1) is 13.3. The number of carbonyl (C=O) groups is 2. The van der Waals surface area contributed by atoms with E-state index in [2.05, 4.69) is 22.0 Å². The predicted molar refractivity (Wildman–Crippen MR) is 107 cm³/mol. The van der Waals surface area contributed by atoms with E-state index in [1.54, 1.807) is 26.1 Å². The number of aromatic nitrogens is 3. The number of benzene rings is 1. The second-order valence-electron chi connectivity index (χ2n) is 5.74. The largest absolute Gasteiger partial charge is 0.457 e. The van der Waals surface area contributed by atoms with Crippen molar-refractivity contribution in [3.63, 3.8) is 0 Å². The maximum absolute atomic E-state index is 12.7. The number of nitrogens with zero attached hydrogens (tertiary/aromatic N) is 3. The molecule has 0 aliphatic rings. The minimum atomic E-state index is -0.734. The molecule has 0 radical (unpaired) electrons. The van der Waals surface area contributed by atoms with Gasteiger partial charge in [0, 0.05) is 12.1 Å². The Morgan fingerprint density at radius 3 is 2.89 bits per heavy atom. The predicted octanol–water partition coefficient (Wildman–Crippen LogP) is 2.95. The van der Waals surface area contributed by atoms with Gasteiger partial charge in [-0.3, -0.25) is 19.6 Å². The van der Waals surface area contributed by atoms with Crippen molar-refractivity contribution in [3.05, 3.63) is 62.4 Å². The maximum Gasteiger partial charge on any atom is 0.350 e. The number of thiazole rings is 1. The zero-order valence-electron chi connectivity index (χ0n) is 15.0. The summed E-state index contributed by atoms with van der Waals surface area (Å²) in [7, 11) is 1.62. The van der Waals surface area contributed by atoms with E-state index in [4.69, 9.17) is 16.3 Å². The summed E-state index contributed by atoms with van der Waals surface area (Å²) in [5, 5.41) is 7.37. The van der Waals surface area contributed by atoms with Gasteiger partial charge in [0.15, 0.2) is 10.8 Å². The van der Waals surface area contributed by atoms with E-state index >= 15 is 0 Å². The fourth-order valence-corrected chi connectivity index (χ4v) is 3.52. The van der Waals surface area contributed by atoms with Crippen molar-refractivity contribution in [3.8, 4) is 0 Å². The van der Waals surface area contributed by atoms with Crippen molar-refractivity contribution in [1.29, 1.82) is 0 Å². The van der Waals surface area contributed by atoms with Gasteiger partial charge in [-0.05, 0) is 25.1 Å². The Hall–Kier alpha value is -3.04. The van der Waals surface area contributed by atoms with Gasteiger partial charge in [-0.2, -0.15) is 5.10 Å². The summed E-state index contributed by atoms with van der Waals surface area (Å²) in [6.45, 7) is 5.16. The van der Waals surface area contributed by atoms with Gasteiger partial charge in [0.05, 0.1) is 16.6 Å². The quantitative estimate of drug-likeness (QED) is 0.504. The number of esters is 1. The number of rotatable bonds is 5. The SMILES string of the molecule is C=CCOC(=O)c1sc(NC(=O)c2nn(C)c3ccc(Cl)cc3c2=O)nc1C. The Kier molecular flexibility index (Phi) is 5.57. The van der Waals surface area contributed by atoms with Crippen molar-refractivity contribution < 1.29 is 14.3 Å². The number of halogens is 1. The molecule has 28 heavy (non-hydrogen) atoms. The smallest absolute Gasteiger partial charge is 0.350 e. The molecule has 0 unspecified atom stereocenters. The third-order valence-corrected chi connectivity index (χ3v) is 5.05. The Morgan fingerprint density at radius 1 is 1.43 bits per heavy atom. The summed E-state index contributed by atoms with van der Waals surface area (Å²) in [4.78, 5) is 41.6. The van der Waals surface area contributed by atoms with Crippen LogP contribution in [0.1, 0.15) is 25.9 Å². The van der Waals surface area contributed by atoms with Gasteiger partial charge in [0.1, 0.15) is 11.5 Å². The molecule has 0 saturated carbocycles. The molecule has 144 valence electrons. The standard InChI is InChI=1S/C18H15ClN4O4S/c1-4-7-27-17(26)15-9(2)20-18(28-15)21-16(25)13-14(24)11-8-10(19)5-6-12(11)23(3)22-13/h4-6,8H,1,7H2,2-3H3,(H,20,21,25). The van der Waals surface area contributed by atoms with Crippen LogP contribution in [0.3, 0.4) is 0 Å². The zero-order chi connectivity index (χ0) is 20.4. The van der Waals surface area contributed by atoms with E-state index in [0.717, 1.165) is 11.3 Å². The van der Waals surface area contributed by atoms with Crippen LogP contribution in [0.4, 0.5) is 5.13 Å². The lowest BCUT2D eigenvalue weighted by Crippen LogP contribution is -2.26. The number of fused-ring (bicyclic) bond motifs is 1. The topological polar surface area (TPSA) is 103 Å². The lowest BCUT2D eigenvalue weighted by atomic mass is 10.2. The average Bonchev–Trinajstić information content (AvgIpc) is 3.02. The molecular weight excluding hydrogens is 404 g/mol. The molecule has 1 amide bonds. The monoisotopic (exact) mass is 418 g/mol. The Morgan fingerprint density at radius 2 is 2.18 bits per heavy atom. The highest BCUT2D eigenvalue weighted by Crippen LogP contribution is 2.24. The fourth-order valence-electron chi connectivity index (χ4n) is 2.49. The highest BCUT2D eigenvalue weighted by molar-refractivity contribution is 7.17. The first-order valence-corrected chi connectivity index (χ1v) is 9.24. The van der Waals surface area contributed by atoms with Crippen LogP contribution in [0.5, 0.6) is 0 Å². The maximum atomic E-state index is 12.7. The van der Waals surface area contributed by atoms with E-state index in [1.165, 1.54) is 16.8 Å². The third-order valence-electron chi connectivity index (χ3n) is 3.77. The number of hydrogen-bond donors (Lipinski definition) is 1. The summed E-state index contributed by atoms with van der Waals surface area (Å²) in [6.07, 6.45) is 1.45. The molecule has 3 aromatic rings. The van der Waals surface area contributed by atoms with Gasteiger partial charge in [0.25, 0.3) is 5.91 Å². The van der Waals surface area contributed by atoms with Gasteiger partial charge in [0.2, 0.25) is 5.43 Å². The molecule has 1 N–H and O–H groups in total. The highest BCUT2D eigenvalue weighted by Gasteiger charge is 2.21. The van der Waals surface area contributed by atoms with Crippen molar-refractivity contribution in [2.45, 2.75) is 6.92 Å². The summed E-state index contributed by atoms with van der Waals surface area (Å²) in [6, 6.07) is 4.77. The van der Waals surface area contributed by atoms with Crippen molar-refractivity contribution in [2.75, 3.05) is 11.9 Å². The highest BCUT2D eigenvalue weighted by atomic mass is 35.5. The minimum Gasteiger partial charge on any atom is -0.457 e. The number of anilines is 1. The second kappa shape index (κ2) is 7.91. The van der Waals surface area contributed by atoms with Crippen LogP contribution in [0.15, 0.2) is 35.6 Å². The Labute approximate surface area is 168 Å². The van der Waals surface area contributed by atoms with Crippen LogP contribution in [0, 0.1) is 6.92 Å². The molecule has 8 nitrogen and oxygen atoms in total. The van der Waals surface area contributed by atoms with Crippen molar-refractivity contribution >= 4 is 50.8 Å². The Bertz CT molecular complexity index is 1170. The molecule has 0 bridgehead atoms. The lowest BCUT2D eigenvalue weighted by molar-refractivity contribution is 0.0554. The van der Waals surface area contributed by atoms with Crippen LogP contribution in [-0.2, 0) is 11.8 Å². The van der Waals surface area contributed by atoms with Crippen LogP contribution < -0.4 is 10.7 Å². The first kappa shape index (κ1) is 19.7. The third kappa shape index (κ3) is 3.80. The van der Waals surface area contributed by atoms with Gasteiger partial charge in [-0.25, -0.2) is 9.78 Å². The molecule has 3 rings (SSSR count). The molecule has 0 spiro atoms. The van der Waals surface area contributed by atoms with Crippen LogP contribution >= 0.6 is 22.9 Å². The summed E-state index contributed by atoms with van der Waals surface area (Å²) in [5.74, 6) is -1.30. The second-order valence-corrected chi connectivity index (χ2v) is 7.17. The molecule has 10 heteroatoms. The minimum absolute atomic E-state index is 0.0669. The van der Waals surface area contributed by atoms with Crippen molar-refractivity contribution in [1.82, 2.24) is 14.8 Å². The number of nitrogens with one attached hydrogen (secondary N) is 1. The lowest BCUT2D eigenvalue weighted by Gasteiger charge is -2.07. The van der Waals surface area contributed by atoms with Crippen LogP contribution in [0.25, 0.3) is 10.9 Å². The van der Waals surface area contributed by atoms with Crippen molar-refractivity contribution in [2.24, 2.45) is 7.05 Å². The summed E-state index contributed by atoms with van der Waals surface area (Å²) >= 11 is 6.91.